The molecule has 2 amide bonds. The van der Waals surface area contributed by atoms with Crippen molar-refractivity contribution < 1.29 is 18.8 Å². The first-order valence-electron chi connectivity index (χ1n) is 10.7. The van der Waals surface area contributed by atoms with Gasteiger partial charge in [0.2, 0.25) is 12.6 Å². The van der Waals surface area contributed by atoms with Crippen LogP contribution in [0.15, 0.2) is 52.7 Å². The molecule has 0 spiro atoms. The molecule has 0 saturated heterocycles. The molecule has 2 aliphatic heterocycles. The van der Waals surface area contributed by atoms with E-state index in [-0.39, 0.29) is 18.9 Å². The Hall–Kier alpha value is -3.81. The topological polar surface area (TPSA) is 89.7 Å². The zero-order valence-corrected chi connectivity index (χ0v) is 18.2. The largest absolute Gasteiger partial charge is 0.454 e. The van der Waals surface area contributed by atoms with Gasteiger partial charge in [-0.2, -0.15) is 4.98 Å². The highest BCUT2D eigenvalue weighted by Crippen LogP contribution is 2.39. The molecule has 1 atom stereocenters. The van der Waals surface area contributed by atoms with E-state index in [1.807, 2.05) is 44.2 Å². The van der Waals surface area contributed by atoms with Crippen LogP contribution in [0.3, 0.4) is 0 Å². The van der Waals surface area contributed by atoms with Crippen LogP contribution in [0.1, 0.15) is 43.8 Å². The Kier molecular flexibility index (Phi) is 5.05. The molecular formula is C24H24N4O4. The van der Waals surface area contributed by atoms with Crippen molar-refractivity contribution >= 4 is 11.6 Å². The van der Waals surface area contributed by atoms with Gasteiger partial charge in [0.25, 0.3) is 5.89 Å². The molecule has 2 aromatic carbocycles. The lowest BCUT2D eigenvalue weighted by Crippen LogP contribution is -2.45. The fraction of sp³-hybridized carbons (Fsp3) is 0.292. The number of ether oxygens (including phenoxy) is 2. The summed E-state index contributed by atoms with van der Waals surface area (Å²) in [6, 6.07) is 13.2. The number of allylic oxidation sites excluding steroid dienone is 1. The summed E-state index contributed by atoms with van der Waals surface area (Å²) in [4.78, 5) is 19.1. The monoisotopic (exact) mass is 432 g/mol. The SMILES string of the molecule is CCc1ccc(C2NC(=O)N(CC)C(C)=C2c2nc(-c3ccc4c(c3)OCO4)no2)cc1. The van der Waals surface area contributed by atoms with Crippen molar-refractivity contribution in [3.63, 3.8) is 0 Å². The van der Waals surface area contributed by atoms with Gasteiger partial charge in [-0.1, -0.05) is 36.3 Å². The summed E-state index contributed by atoms with van der Waals surface area (Å²) >= 11 is 0. The van der Waals surface area contributed by atoms with E-state index in [4.69, 9.17) is 14.0 Å². The summed E-state index contributed by atoms with van der Waals surface area (Å²) in [6.45, 7) is 6.69. The van der Waals surface area contributed by atoms with Crippen LogP contribution in [0.4, 0.5) is 4.79 Å². The molecule has 1 aromatic heterocycles. The molecular weight excluding hydrogens is 408 g/mol. The zero-order chi connectivity index (χ0) is 22.2. The normalized spacial score (nSPS) is 17.7. The maximum absolute atomic E-state index is 12.7. The van der Waals surface area contributed by atoms with Gasteiger partial charge in [-0.3, -0.25) is 4.90 Å². The van der Waals surface area contributed by atoms with E-state index in [2.05, 4.69) is 34.5 Å². The van der Waals surface area contributed by atoms with Crippen LogP contribution in [-0.2, 0) is 6.42 Å². The van der Waals surface area contributed by atoms with Gasteiger partial charge in [0.1, 0.15) is 0 Å². The summed E-state index contributed by atoms with van der Waals surface area (Å²) in [7, 11) is 0. The van der Waals surface area contributed by atoms with E-state index in [1.54, 1.807) is 4.90 Å². The van der Waals surface area contributed by atoms with E-state index in [9.17, 15) is 4.79 Å². The van der Waals surface area contributed by atoms with Gasteiger partial charge in [0.15, 0.2) is 11.5 Å². The molecule has 1 N–H and O–H groups in total. The molecule has 3 heterocycles. The number of benzene rings is 2. The molecule has 164 valence electrons. The first-order chi connectivity index (χ1) is 15.6. The summed E-state index contributed by atoms with van der Waals surface area (Å²) in [6.07, 6.45) is 0.950. The minimum atomic E-state index is -0.388. The molecule has 8 heteroatoms. The lowest BCUT2D eigenvalue weighted by Gasteiger charge is -2.34. The molecule has 0 saturated carbocycles. The number of carbonyl (C=O) groups excluding carboxylic acids is 1. The third-order valence-electron chi connectivity index (χ3n) is 5.92. The predicted octanol–water partition coefficient (Wildman–Crippen LogP) is 4.55. The molecule has 0 fully saturated rings. The second-order valence-electron chi connectivity index (χ2n) is 7.71. The molecule has 32 heavy (non-hydrogen) atoms. The summed E-state index contributed by atoms with van der Waals surface area (Å²) in [5, 5.41) is 7.30. The number of hydrogen-bond acceptors (Lipinski definition) is 6. The van der Waals surface area contributed by atoms with Gasteiger partial charge in [0.05, 0.1) is 11.6 Å². The smallest absolute Gasteiger partial charge is 0.322 e. The number of urea groups is 1. The number of aryl methyl sites for hydroxylation is 1. The summed E-state index contributed by atoms with van der Waals surface area (Å²) in [5.41, 5.74) is 4.54. The summed E-state index contributed by atoms with van der Waals surface area (Å²) in [5.74, 6) is 2.16. The third-order valence-corrected chi connectivity index (χ3v) is 5.92. The standard InChI is InChI=1S/C24H24N4O4/c1-4-15-6-8-16(9-7-15)21-20(14(3)28(5-2)24(29)25-21)23-26-22(27-32-23)17-10-11-18-19(12-17)31-13-30-18/h6-12,21H,4-5,13H2,1-3H3,(H,25,29). The number of rotatable bonds is 5. The number of aromatic nitrogens is 2. The van der Waals surface area contributed by atoms with E-state index >= 15 is 0 Å². The van der Waals surface area contributed by atoms with Crippen LogP contribution in [0.2, 0.25) is 0 Å². The van der Waals surface area contributed by atoms with E-state index in [1.165, 1.54) is 5.56 Å². The molecule has 3 aromatic rings. The fourth-order valence-corrected chi connectivity index (χ4v) is 4.12. The second kappa shape index (κ2) is 8.03. The Labute approximate surface area is 185 Å². The number of nitrogens with one attached hydrogen (secondary N) is 1. The van der Waals surface area contributed by atoms with Crippen molar-refractivity contribution in [3.8, 4) is 22.9 Å². The Morgan fingerprint density at radius 3 is 2.62 bits per heavy atom. The Bertz CT molecular complexity index is 1200. The molecule has 0 radical (unpaired) electrons. The van der Waals surface area contributed by atoms with Crippen molar-refractivity contribution in [3.05, 3.63) is 65.2 Å². The fourth-order valence-electron chi connectivity index (χ4n) is 4.12. The number of amides is 2. The average molecular weight is 432 g/mol. The van der Waals surface area contributed by atoms with Crippen LogP contribution >= 0.6 is 0 Å². The number of nitrogens with zero attached hydrogens (tertiary/aromatic N) is 3. The predicted molar refractivity (Wildman–Crippen MR) is 118 cm³/mol. The number of carbonyl (C=O) groups is 1. The van der Waals surface area contributed by atoms with Gasteiger partial charge < -0.3 is 19.3 Å². The Morgan fingerprint density at radius 1 is 1.09 bits per heavy atom. The van der Waals surface area contributed by atoms with E-state index in [0.29, 0.717) is 29.8 Å². The van der Waals surface area contributed by atoms with Gasteiger partial charge in [-0.15, -0.1) is 0 Å². The maximum atomic E-state index is 12.7. The van der Waals surface area contributed by atoms with Gasteiger partial charge >= 0.3 is 6.03 Å². The first-order valence-corrected chi connectivity index (χ1v) is 10.7. The average Bonchev–Trinajstić information content (AvgIpc) is 3.48. The van der Waals surface area contributed by atoms with Crippen molar-refractivity contribution in [1.82, 2.24) is 20.4 Å². The van der Waals surface area contributed by atoms with Crippen LogP contribution in [0, 0.1) is 0 Å². The molecule has 5 rings (SSSR count). The van der Waals surface area contributed by atoms with Gasteiger partial charge in [-0.05, 0) is 49.6 Å². The summed E-state index contributed by atoms with van der Waals surface area (Å²) < 4.78 is 16.5. The third kappa shape index (κ3) is 3.37. The van der Waals surface area contributed by atoms with Crippen molar-refractivity contribution in [2.75, 3.05) is 13.3 Å². The minimum Gasteiger partial charge on any atom is -0.454 e. The van der Waals surface area contributed by atoms with Crippen LogP contribution in [-0.4, -0.2) is 34.4 Å². The lowest BCUT2D eigenvalue weighted by molar-refractivity contribution is 0.174. The minimum absolute atomic E-state index is 0.145. The van der Waals surface area contributed by atoms with E-state index in [0.717, 1.165) is 28.8 Å². The van der Waals surface area contributed by atoms with E-state index < -0.39 is 0 Å². The highest BCUT2D eigenvalue weighted by molar-refractivity contribution is 5.86. The zero-order valence-electron chi connectivity index (χ0n) is 18.2. The molecule has 1 unspecified atom stereocenters. The lowest BCUT2D eigenvalue weighted by atomic mass is 9.94. The first kappa shape index (κ1) is 20.1. The highest BCUT2D eigenvalue weighted by atomic mass is 16.7. The molecule has 0 aliphatic carbocycles. The van der Waals surface area contributed by atoms with Gasteiger partial charge in [-0.25, -0.2) is 4.79 Å². The number of hydrogen-bond donors (Lipinski definition) is 1. The van der Waals surface area contributed by atoms with Crippen LogP contribution in [0.5, 0.6) is 11.5 Å². The molecule has 0 bridgehead atoms. The second-order valence-corrected chi connectivity index (χ2v) is 7.71. The Morgan fingerprint density at radius 2 is 1.88 bits per heavy atom. The van der Waals surface area contributed by atoms with Crippen molar-refractivity contribution in [2.45, 2.75) is 33.2 Å². The molecule has 2 aliphatic rings. The van der Waals surface area contributed by atoms with Crippen molar-refractivity contribution in [1.29, 1.82) is 0 Å². The molecule has 8 nitrogen and oxygen atoms in total. The Balaban J connectivity index is 1.56. The highest BCUT2D eigenvalue weighted by Gasteiger charge is 2.35. The number of fused-ring (bicyclic) bond motifs is 1. The maximum Gasteiger partial charge on any atom is 0.322 e. The van der Waals surface area contributed by atoms with Crippen molar-refractivity contribution in [2.24, 2.45) is 0 Å². The van der Waals surface area contributed by atoms with Crippen LogP contribution < -0.4 is 14.8 Å². The van der Waals surface area contributed by atoms with Gasteiger partial charge in [0, 0.05) is 17.8 Å². The quantitative estimate of drug-likeness (QED) is 0.636. The van der Waals surface area contributed by atoms with Crippen LogP contribution in [0.25, 0.3) is 17.0 Å².